The first-order valence-electron chi connectivity index (χ1n) is 5.89. The Morgan fingerprint density at radius 1 is 0.895 bits per heavy atom. The summed E-state index contributed by atoms with van der Waals surface area (Å²) in [4.78, 5) is 12.6. The van der Waals surface area contributed by atoms with Crippen LogP contribution in [0.2, 0.25) is 0 Å². The Morgan fingerprint density at radius 3 is 1.84 bits per heavy atom. The van der Waals surface area contributed by atoms with E-state index in [1.165, 1.54) is 0 Å². The lowest BCUT2D eigenvalue weighted by Gasteiger charge is -2.14. The number of carbonyl (C=O) groups is 1. The Bertz CT molecular complexity index is 516. The predicted molar refractivity (Wildman–Crippen MR) is 78.9 cm³/mol. The lowest BCUT2D eigenvalue weighted by atomic mass is 10.2. The van der Waals surface area contributed by atoms with Gasteiger partial charge < -0.3 is 12.4 Å². The van der Waals surface area contributed by atoms with E-state index in [4.69, 9.17) is 0 Å². The summed E-state index contributed by atoms with van der Waals surface area (Å²) in [6.45, 7) is 0. The van der Waals surface area contributed by atoms with Crippen molar-refractivity contribution in [1.82, 2.24) is 4.67 Å². The largest absolute Gasteiger partial charge is 1.00 e. The van der Waals surface area contributed by atoms with Crippen LogP contribution in [0, 0.1) is 0 Å². The van der Waals surface area contributed by atoms with E-state index < -0.39 is 8.07 Å². The Hall–Kier alpha value is -1.21. The van der Waals surface area contributed by atoms with Gasteiger partial charge in [0, 0.05) is 14.1 Å². The van der Waals surface area contributed by atoms with Crippen molar-refractivity contribution in [3.05, 3.63) is 66.2 Å². The van der Waals surface area contributed by atoms with Gasteiger partial charge in [-0.2, -0.15) is 4.67 Å². The standard InChI is InChI=1S/C15H16NOP.ClH/c1-16(2)18(14-11-7-4-8-12-14)15(17)13-9-5-3-6-10-13;/h3-12H,1-2H3;1H. The van der Waals surface area contributed by atoms with Crippen molar-refractivity contribution in [3.8, 4) is 0 Å². The lowest BCUT2D eigenvalue weighted by molar-refractivity contribution is -0.0000104. The molecule has 19 heavy (non-hydrogen) atoms. The molecular weight excluding hydrogens is 277 g/mol. The van der Waals surface area contributed by atoms with Gasteiger partial charge in [0.1, 0.15) is 5.30 Å². The minimum Gasteiger partial charge on any atom is -1.00 e. The van der Waals surface area contributed by atoms with E-state index in [1.54, 1.807) is 0 Å². The summed E-state index contributed by atoms with van der Waals surface area (Å²) in [6, 6.07) is 19.6. The van der Waals surface area contributed by atoms with E-state index in [2.05, 4.69) is 4.67 Å². The van der Waals surface area contributed by atoms with E-state index in [1.807, 2.05) is 74.8 Å². The molecule has 0 heterocycles. The summed E-state index contributed by atoms with van der Waals surface area (Å²) >= 11 is 0. The second-order valence-corrected chi connectivity index (χ2v) is 6.93. The Kier molecular flexibility index (Phi) is 6.17. The highest BCUT2D eigenvalue weighted by Gasteiger charge is 2.32. The molecule has 2 rings (SSSR count). The summed E-state index contributed by atoms with van der Waals surface area (Å²) in [5, 5.41) is 1.13. The minimum absolute atomic E-state index is 0. The van der Waals surface area contributed by atoms with Crippen LogP contribution in [-0.2, 0) is 0 Å². The van der Waals surface area contributed by atoms with Crippen molar-refractivity contribution >= 4 is 18.9 Å². The molecule has 0 spiro atoms. The average molecular weight is 294 g/mol. The highest BCUT2D eigenvalue weighted by Crippen LogP contribution is 2.40. The van der Waals surface area contributed by atoms with Gasteiger partial charge in [-0.25, -0.2) is 4.79 Å². The van der Waals surface area contributed by atoms with Crippen LogP contribution in [0.15, 0.2) is 60.7 Å². The van der Waals surface area contributed by atoms with Gasteiger partial charge in [0.25, 0.3) is 0 Å². The molecule has 0 aromatic heterocycles. The van der Waals surface area contributed by atoms with Crippen LogP contribution < -0.4 is 17.7 Å². The van der Waals surface area contributed by atoms with Crippen molar-refractivity contribution in [1.29, 1.82) is 0 Å². The molecule has 0 fully saturated rings. The summed E-state index contributed by atoms with van der Waals surface area (Å²) in [5.41, 5.74) is 1.03. The van der Waals surface area contributed by atoms with E-state index >= 15 is 0 Å². The molecule has 0 aliphatic heterocycles. The minimum atomic E-state index is -1.37. The van der Waals surface area contributed by atoms with E-state index in [-0.39, 0.29) is 17.9 Å². The summed E-state index contributed by atoms with van der Waals surface area (Å²) in [6.07, 6.45) is 0. The molecule has 0 saturated carbocycles. The van der Waals surface area contributed by atoms with Crippen molar-refractivity contribution in [3.63, 3.8) is 0 Å². The van der Waals surface area contributed by atoms with Crippen molar-refractivity contribution in [2.24, 2.45) is 0 Å². The maximum atomic E-state index is 12.6. The van der Waals surface area contributed by atoms with Gasteiger partial charge in [-0.1, -0.05) is 36.4 Å². The summed E-state index contributed by atoms with van der Waals surface area (Å²) in [5.74, 6) is 0. The first kappa shape index (κ1) is 15.8. The van der Waals surface area contributed by atoms with Crippen molar-refractivity contribution in [2.45, 2.75) is 0 Å². The fourth-order valence-electron chi connectivity index (χ4n) is 1.91. The Labute approximate surface area is 121 Å². The van der Waals surface area contributed by atoms with Crippen LogP contribution >= 0.6 is 8.07 Å². The third-order valence-corrected chi connectivity index (χ3v) is 5.24. The van der Waals surface area contributed by atoms with Crippen LogP contribution in [0.3, 0.4) is 0 Å². The molecule has 100 valence electrons. The lowest BCUT2D eigenvalue weighted by Crippen LogP contribution is -3.00. The normalized spacial score (nSPS) is 11.7. The molecular formula is C15H17ClNOP. The molecule has 0 radical (unpaired) electrons. The van der Waals surface area contributed by atoms with E-state index in [0.717, 1.165) is 10.9 Å². The number of halogens is 1. The smallest absolute Gasteiger partial charge is 0.318 e. The Balaban J connectivity index is 0.00000180. The third kappa shape index (κ3) is 3.87. The molecule has 4 heteroatoms. The molecule has 0 amide bonds. The van der Waals surface area contributed by atoms with Gasteiger partial charge in [0.2, 0.25) is 0 Å². The topological polar surface area (TPSA) is 20.3 Å². The molecule has 0 N–H and O–H groups in total. The second kappa shape index (κ2) is 7.40. The van der Waals surface area contributed by atoms with Crippen LogP contribution in [0.25, 0.3) is 0 Å². The SMILES string of the molecule is CN(C)[PH+](C(=O)c1ccccc1)c1ccccc1.[Cl-]. The predicted octanol–water partition coefficient (Wildman–Crippen LogP) is -0.153. The van der Waals surface area contributed by atoms with Gasteiger partial charge in [0.15, 0.2) is 8.07 Å². The van der Waals surface area contributed by atoms with Gasteiger partial charge >= 0.3 is 5.52 Å². The monoisotopic (exact) mass is 293 g/mol. The van der Waals surface area contributed by atoms with Crippen LogP contribution in [0.1, 0.15) is 10.4 Å². The van der Waals surface area contributed by atoms with Crippen LogP contribution in [0.4, 0.5) is 0 Å². The number of hydrogen-bond acceptors (Lipinski definition) is 2. The summed E-state index contributed by atoms with van der Waals surface area (Å²) in [7, 11) is 2.57. The number of hydrogen-bond donors (Lipinski definition) is 0. The fraction of sp³-hybridized carbons (Fsp3) is 0.133. The van der Waals surface area contributed by atoms with E-state index in [9.17, 15) is 4.79 Å². The summed E-state index contributed by atoms with van der Waals surface area (Å²) < 4.78 is 2.05. The van der Waals surface area contributed by atoms with Gasteiger partial charge in [-0.15, -0.1) is 0 Å². The van der Waals surface area contributed by atoms with Gasteiger partial charge in [0.05, 0.1) is 5.56 Å². The molecule has 0 aliphatic rings. The van der Waals surface area contributed by atoms with Crippen molar-refractivity contribution in [2.75, 3.05) is 14.1 Å². The zero-order valence-corrected chi connectivity index (χ0v) is 12.8. The molecule has 0 bridgehead atoms. The zero-order chi connectivity index (χ0) is 13.0. The molecule has 2 nitrogen and oxygen atoms in total. The highest BCUT2D eigenvalue weighted by atomic mass is 35.5. The van der Waals surface area contributed by atoms with E-state index in [0.29, 0.717) is 0 Å². The Morgan fingerprint density at radius 2 is 1.37 bits per heavy atom. The third-order valence-electron chi connectivity index (χ3n) is 2.75. The molecule has 2 aromatic rings. The maximum absolute atomic E-state index is 12.6. The van der Waals surface area contributed by atoms with Crippen LogP contribution in [0.5, 0.6) is 0 Å². The molecule has 1 atom stereocenters. The quantitative estimate of drug-likeness (QED) is 0.731. The number of carbonyl (C=O) groups excluding carboxylic acids is 1. The first-order chi connectivity index (χ1) is 8.70. The second-order valence-electron chi connectivity index (χ2n) is 4.30. The number of rotatable bonds is 4. The van der Waals surface area contributed by atoms with Crippen molar-refractivity contribution < 1.29 is 17.2 Å². The number of nitrogens with zero attached hydrogens (tertiary/aromatic N) is 1. The molecule has 2 aromatic carbocycles. The van der Waals surface area contributed by atoms with Crippen LogP contribution in [-0.4, -0.2) is 24.3 Å². The molecule has 0 saturated heterocycles. The average Bonchev–Trinajstić information content (AvgIpc) is 2.40. The fourth-order valence-corrected chi connectivity index (χ4v) is 4.05. The van der Waals surface area contributed by atoms with Gasteiger partial charge in [-0.05, 0) is 24.3 Å². The highest BCUT2D eigenvalue weighted by molar-refractivity contribution is 7.80. The number of benzene rings is 2. The first-order valence-corrected chi connectivity index (χ1v) is 7.34. The maximum Gasteiger partial charge on any atom is 0.318 e. The molecule has 0 aliphatic carbocycles. The molecule has 1 unspecified atom stereocenters. The zero-order valence-electron chi connectivity index (χ0n) is 11.0. The van der Waals surface area contributed by atoms with Gasteiger partial charge in [-0.3, -0.25) is 0 Å².